The highest BCUT2D eigenvalue weighted by Crippen LogP contribution is 2.15. The van der Waals surface area contributed by atoms with Crippen molar-refractivity contribution in [3.63, 3.8) is 0 Å². The Hall–Kier alpha value is -1.63. The lowest BCUT2D eigenvalue weighted by Gasteiger charge is -2.28. The predicted octanol–water partition coefficient (Wildman–Crippen LogP) is -0.154. The van der Waals surface area contributed by atoms with Crippen LogP contribution in [0.15, 0.2) is 0 Å². The molecule has 0 rings (SSSR count). The van der Waals surface area contributed by atoms with E-state index in [2.05, 4.69) is 10.6 Å². The van der Waals surface area contributed by atoms with E-state index in [9.17, 15) is 19.5 Å². The molecule has 2 amide bonds. The van der Waals surface area contributed by atoms with Crippen LogP contribution in [0.1, 0.15) is 40.5 Å². The molecular formula is C13H25N3O4. The van der Waals surface area contributed by atoms with Crippen molar-refractivity contribution in [2.45, 2.75) is 52.1 Å². The van der Waals surface area contributed by atoms with Crippen LogP contribution in [0.4, 0.5) is 0 Å². The molecule has 7 nitrogen and oxygen atoms in total. The van der Waals surface area contributed by atoms with Gasteiger partial charge in [-0.2, -0.15) is 0 Å². The van der Waals surface area contributed by atoms with Crippen LogP contribution < -0.4 is 16.4 Å². The Morgan fingerprint density at radius 1 is 1.20 bits per heavy atom. The third-order valence-electron chi connectivity index (χ3n) is 3.44. The van der Waals surface area contributed by atoms with E-state index in [0.717, 1.165) is 0 Å². The van der Waals surface area contributed by atoms with E-state index in [1.807, 2.05) is 0 Å². The van der Waals surface area contributed by atoms with Gasteiger partial charge in [-0.3, -0.25) is 9.59 Å². The van der Waals surface area contributed by atoms with Crippen LogP contribution in [0, 0.1) is 5.92 Å². The molecule has 0 spiro atoms. The molecule has 0 fully saturated rings. The molecule has 0 aromatic rings. The summed E-state index contributed by atoms with van der Waals surface area (Å²) < 4.78 is 0. The summed E-state index contributed by atoms with van der Waals surface area (Å²) in [5.74, 6) is -2.09. The number of hydrogen-bond donors (Lipinski definition) is 4. The van der Waals surface area contributed by atoms with Crippen LogP contribution in [-0.4, -0.2) is 41.0 Å². The second-order valence-electron chi connectivity index (χ2n) is 5.13. The molecule has 0 aliphatic heterocycles. The van der Waals surface area contributed by atoms with E-state index < -0.39 is 29.4 Å². The highest BCUT2D eigenvalue weighted by molar-refractivity contribution is 5.91. The second kappa shape index (κ2) is 7.84. The van der Waals surface area contributed by atoms with Gasteiger partial charge in [0.25, 0.3) is 0 Å². The number of carboxylic acid groups (broad SMARTS) is 1. The van der Waals surface area contributed by atoms with Gasteiger partial charge in [-0.25, -0.2) is 4.79 Å². The van der Waals surface area contributed by atoms with Gasteiger partial charge in [-0.05, 0) is 18.8 Å². The summed E-state index contributed by atoms with van der Waals surface area (Å²) in [6.45, 7) is 6.69. The molecule has 0 aromatic heterocycles. The van der Waals surface area contributed by atoms with Crippen LogP contribution in [0.5, 0.6) is 0 Å². The third-order valence-corrected chi connectivity index (χ3v) is 3.44. The Balaban J connectivity index is 4.50. The zero-order valence-electron chi connectivity index (χ0n) is 12.5. The third kappa shape index (κ3) is 4.80. The SMILES string of the molecule is CCC(CC)(NC(=O)CNC(=O)[C@@H](N)C(C)C)C(=O)O. The first-order chi connectivity index (χ1) is 9.20. The first kappa shape index (κ1) is 18.4. The molecule has 0 saturated heterocycles. The van der Waals surface area contributed by atoms with Gasteiger partial charge in [0.05, 0.1) is 12.6 Å². The monoisotopic (exact) mass is 287 g/mol. The number of carboxylic acids is 1. The predicted molar refractivity (Wildman–Crippen MR) is 74.9 cm³/mol. The minimum atomic E-state index is -1.29. The summed E-state index contributed by atoms with van der Waals surface area (Å²) in [4.78, 5) is 34.6. The standard InChI is InChI=1S/C13H25N3O4/c1-5-13(6-2,12(19)20)16-9(17)7-15-11(18)10(14)8(3)4/h8,10H,5-7,14H2,1-4H3,(H,15,18)(H,16,17)(H,19,20)/t10-/m0/s1. The van der Waals surface area contributed by atoms with Crippen molar-refractivity contribution in [1.82, 2.24) is 10.6 Å². The lowest BCUT2D eigenvalue weighted by molar-refractivity contribution is -0.148. The molecule has 0 aromatic carbocycles. The van der Waals surface area contributed by atoms with E-state index in [-0.39, 0.29) is 25.3 Å². The van der Waals surface area contributed by atoms with Gasteiger partial charge in [0.1, 0.15) is 5.54 Å². The first-order valence-corrected chi connectivity index (χ1v) is 6.77. The van der Waals surface area contributed by atoms with Crippen molar-refractivity contribution in [1.29, 1.82) is 0 Å². The highest BCUT2D eigenvalue weighted by Gasteiger charge is 2.36. The fourth-order valence-electron chi connectivity index (χ4n) is 1.68. The van der Waals surface area contributed by atoms with E-state index in [0.29, 0.717) is 0 Å². The van der Waals surface area contributed by atoms with Gasteiger partial charge in [0, 0.05) is 0 Å². The molecule has 0 heterocycles. The van der Waals surface area contributed by atoms with Gasteiger partial charge in [-0.15, -0.1) is 0 Å². The van der Waals surface area contributed by atoms with E-state index in [1.54, 1.807) is 27.7 Å². The topological polar surface area (TPSA) is 122 Å². The van der Waals surface area contributed by atoms with E-state index >= 15 is 0 Å². The molecule has 116 valence electrons. The van der Waals surface area contributed by atoms with Crippen molar-refractivity contribution < 1.29 is 19.5 Å². The minimum absolute atomic E-state index is 0.0394. The van der Waals surface area contributed by atoms with Crippen molar-refractivity contribution >= 4 is 17.8 Å². The zero-order valence-corrected chi connectivity index (χ0v) is 12.5. The van der Waals surface area contributed by atoms with Crippen molar-refractivity contribution in [2.24, 2.45) is 11.7 Å². The molecule has 1 atom stereocenters. The van der Waals surface area contributed by atoms with E-state index in [1.165, 1.54) is 0 Å². The fourth-order valence-corrected chi connectivity index (χ4v) is 1.68. The normalized spacial score (nSPS) is 12.9. The van der Waals surface area contributed by atoms with Crippen LogP contribution in [-0.2, 0) is 14.4 Å². The molecule has 0 saturated carbocycles. The van der Waals surface area contributed by atoms with Crippen LogP contribution >= 0.6 is 0 Å². The molecule has 0 radical (unpaired) electrons. The quantitative estimate of drug-likeness (QED) is 0.494. The Morgan fingerprint density at radius 3 is 2.05 bits per heavy atom. The van der Waals surface area contributed by atoms with Gasteiger partial charge >= 0.3 is 5.97 Å². The van der Waals surface area contributed by atoms with Gasteiger partial charge < -0.3 is 21.5 Å². The Bertz CT molecular complexity index is 365. The van der Waals surface area contributed by atoms with Gasteiger partial charge in [0.2, 0.25) is 11.8 Å². The highest BCUT2D eigenvalue weighted by atomic mass is 16.4. The Labute approximate surface area is 119 Å². The first-order valence-electron chi connectivity index (χ1n) is 6.77. The number of nitrogens with one attached hydrogen (secondary N) is 2. The average Bonchev–Trinajstić information content (AvgIpc) is 2.40. The fraction of sp³-hybridized carbons (Fsp3) is 0.769. The number of rotatable bonds is 8. The van der Waals surface area contributed by atoms with Crippen molar-refractivity contribution in [3.8, 4) is 0 Å². The summed E-state index contributed by atoms with van der Waals surface area (Å²) in [6, 6.07) is -0.690. The molecule has 0 unspecified atom stereocenters. The maximum atomic E-state index is 11.7. The number of amides is 2. The second-order valence-corrected chi connectivity index (χ2v) is 5.13. The van der Waals surface area contributed by atoms with Crippen LogP contribution in [0.2, 0.25) is 0 Å². The molecule has 0 aliphatic rings. The van der Waals surface area contributed by atoms with Crippen LogP contribution in [0.25, 0.3) is 0 Å². The molecule has 20 heavy (non-hydrogen) atoms. The van der Waals surface area contributed by atoms with Gasteiger partial charge in [0.15, 0.2) is 0 Å². The van der Waals surface area contributed by atoms with E-state index in [4.69, 9.17) is 5.73 Å². The zero-order chi connectivity index (χ0) is 15.9. The average molecular weight is 287 g/mol. The van der Waals surface area contributed by atoms with Gasteiger partial charge in [-0.1, -0.05) is 27.7 Å². The maximum absolute atomic E-state index is 11.7. The summed E-state index contributed by atoms with van der Waals surface area (Å²) in [5, 5.41) is 14.1. The number of nitrogens with two attached hydrogens (primary N) is 1. The molecule has 0 aliphatic carbocycles. The summed E-state index contributed by atoms with van der Waals surface area (Å²) >= 11 is 0. The largest absolute Gasteiger partial charge is 0.480 e. The smallest absolute Gasteiger partial charge is 0.329 e. The lowest BCUT2D eigenvalue weighted by atomic mass is 9.93. The minimum Gasteiger partial charge on any atom is -0.480 e. The lowest BCUT2D eigenvalue weighted by Crippen LogP contribution is -2.56. The number of hydrogen-bond acceptors (Lipinski definition) is 4. The number of carbonyl (C=O) groups is 3. The summed E-state index contributed by atoms with van der Waals surface area (Å²) in [6.07, 6.45) is 0.536. The molecule has 7 heteroatoms. The van der Waals surface area contributed by atoms with Crippen molar-refractivity contribution in [2.75, 3.05) is 6.54 Å². The summed E-state index contributed by atoms with van der Waals surface area (Å²) in [7, 11) is 0. The number of carbonyl (C=O) groups excluding carboxylic acids is 2. The Morgan fingerprint density at radius 2 is 1.70 bits per heavy atom. The maximum Gasteiger partial charge on any atom is 0.329 e. The number of aliphatic carboxylic acids is 1. The van der Waals surface area contributed by atoms with Crippen LogP contribution in [0.3, 0.4) is 0 Å². The molecule has 0 bridgehead atoms. The molecule has 5 N–H and O–H groups in total. The Kier molecular flexibility index (Phi) is 7.20. The molecular weight excluding hydrogens is 262 g/mol. The summed E-state index contributed by atoms with van der Waals surface area (Å²) in [5.41, 5.74) is 4.35. The van der Waals surface area contributed by atoms with Crippen molar-refractivity contribution in [3.05, 3.63) is 0 Å².